The first-order valence-corrected chi connectivity index (χ1v) is 10.7. The van der Waals surface area contributed by atoms with Crippen LogP contribution in [-0.2, 0) is 23.7 Å². The molecule has 1 aliphatic rings. The molecule has 0 fully saturated rings. The Hall–Kier alpha value is -2.99. The van der Waals surface area contributed by atoms with Gasteiger partial charge in [0.25, 0.3) is 0 Å². The Kier molecular flexibility index (Phi) is 7.56. The molecule has 0 aromatic heterocycles. The molecular weight excluding hydrogens is 502 g/mol. The maximum absolute atomic E-state index is 13.3. The van der Waals surface area contributed by atoms with Gasteiger partial charge in [-0.15, -0.1) is 0 Å². The van der Waals surface area contributed by atoms with E-state index >= 15 is 0 Å². The van der Waals surface area contributed by atoms with E-state index in [1.807, 2.05) is 5.43 Å². The van der Waals surface area contributed by atoms with E-state index in [1.165, 1.54) is 28.9 Å². The Labute approximate surface area is 201 Å². The molecule has 6 nitrogen and oxygen atoms in total. The molecule has 1 aliphatic heterocycles. The van der Waals surface area contributed by atoms with Gasteiger partial charge in [-0.3, -0.25) is 15.1 Å². The van der Waals surface area contributed by atoms with Crippen molar-refractivity contribution in [3.63, 3.8) is 0 Å². The number of amides is 3. The van der Waals surface area contributed by atoms with Crippen LogP contribution in [0.15, 0.2) is 36.4 Å². The predicted octanol–water partition coefficient (Wildman–Crippen LogP) is 5.65. The van der Waals surface area contributed by atoms with Gasteiger partial charge in [0.1, 0.15) is 0 Å². The Morgan fingerprint density at radius 1 is 1.09 bits per heavy atom. The van der Waals surface area contributed by atoms with Crippen LogP contribution in [0.4, 0.5) is 36.8 Å². The van der Waals surface area contributed by atoms with Crippen molar-refractivity contribution in [3.8, 4) is 0 Å². The van der Waals surface area contributed by atoms with E-state index in [0.29, 0.717) is 29.8 Å². The zero-order valence-electron chi connectivity index (χ0n) is 18.3. The average molecular weight is 523 g/mol. The summed E-state index contributed by atoms with van der Waals surface area (Å²) in [6.07, 6.45) is -9.38. The largest absolute Gasteiger partial charge is 0.416 e. The third-order valence-electron chi connectivity index (χ3n) is 5.65. The van der Waals surface area contributed by atoms with Gasteiger partial charge in [0.2, 0.25) is 5.91 Å². The summed E-state index contributed by atoms with van der Waals surface area (Å²) in [5, 5.41) is 0.279. The highest BCUT2D eigenvalue weighted by molar-refractivity contribution is 6.31. The maximum atomic E-state index is 13.3. The molecule has 1 unspecified atom stereocenters. The van der Waals surface area contributed by atoms with Crippen LogP contribution < -0.4 is 16.2 Å². The first-order chi connectivity index (χ1) is 16.2. The number of carbonyl (C=O) groups is 2. The van der Waals surface area contributed by atoms with Crippen molar-refractivity contribution in [1.82, 2.24) is 10.3 Å². The van der Waals surface area contributed by atoms with E-state index < -0.39 is 48.0 Å². The first kappa shape index (κ1) is 26.6. The molecule has 3 amide bonds. The van der Waals surface area contributed by atoms with Gasteiger partial charge in [-0.1, -0.05) is 17.7 Å². The van der Waals surface area contributed by atoms with Crippen LogP contribution in [-0.4, -0.2) is 23.4 Å². The molecule has 35 heavy (non-hydrogen) atoms. The quantitative estimate of drug-likeness (QED) is 0.237. The van der Waals surface area contributed by atoms with E-state index in [1.54, 1.807) is 6.07 Å². The van der Waals surface area contributed by atoms with Crippen LogP contribution in [0.5, 0.6) is 0 Å². The predicted molar refractivity (Wildman–Crippen MR) is 116 cm³/mol. The number of nitrogens with one attached hydrogen (secondary N) is 1. The fraction of sp³-hybridized carbons (Fsp3) is 0.364. The normalized spacial score (nSPS) is 16.4. The maximum Gasteiger partial charge on any atom is 0.416 e. The molecule has 0 bridgehead atoms. The molecule has 190 valence electrons. The number of hydrazine groups is 1. The molecule has 13 heteroatoms. The molecular formula is C22H21ClF6N4O2. The van der Waals surface area contributed by atoms with Gasteiger partial charge in [0, 0.05) is 25.0 Å². The summed E-state index contributed by atoms with van der Waals surface area (Å²) in [4.78, 5) is 27.4. The fourth-order valence-corrected chi connectivity index (χ4v) is 4.28. The van der Waals surface area contributed by atoms with Crippen molar-refractivity contribution in [3.05, 3.63) is 63.7 Å². The van der Waals surface area contributed by atoms with Crippen molar-refractivity contribution >= 4 is 29.2 Å². The number of urea groups is 1. The highest BCUT2D eigenvalue weighted by Crippen LogP contribution is 2.40. The summed E-state index contributed by atoms with van der Waals surface area (Å²) < 4.78 is 79.9. The standard InChI is InChI=1S/C22H21ClF6N4O2/c1-12(34)33(11-13-7-14(21(24,25)26)9-15(8-13)22(27,28)29)18-3-2-6-32(20(35)31-30)19-10-16(23)4-5-17(18)19/h4-5,7-10,18H,2-3,6,11,30H2,1H3,(H,31,35). The van der Waals surface area contributed by atoms with Crippen molar-refractivity contribution in [2.75, 3.05) is 11.4 Å². The summed E-state index contributed by atoms with van der Waals surface area (Å²) in [5.41, 5.74) is -0.469. The molecule has 3 N–H and O–H groups in total. The molecule has 1 heterocycles. The zero-order valence-corrected chi connectivity index (χ0v) is 19.1. The minimum atomic E-state index is -5.02. The Morgan fingerprint density at radius 3 is 2.20 bits per heavy atom. The topological polar surface area (TPSA) is 78.7 Å². The molecule has 1 atom stereocenters. The lowest BCUT2D eigenvalue weighted by Gasteiger charge is -2.32. The molecule has 0 aliphatic carbocycles. The lowest BCUT2D eigenvalue weighted by molar-refractivity contribution is -0.143. The van der Waals surface area contributed by atoms with Crippen molar-refractivity contribution < 1.29 is 35.9 Å². The molecule has 0 spiro atoms. The third kappa shape index (κ3) is 5.99. The number of carbonyl (C=O) groups excluding carboxylic acids is 2. The number of nitrogens with two attached hydrogens (primary N) is 1. The highest BCUT2D eigenvalue weighted by atomic mass is 35.5. The molecule has 2 aromatic rings. The first-order valence-electron chi connectivity index (χ1n) is 10.4. The van der Waals surface area contributed by atoms with Gasteiger partial charge in [-0.05, 0) is 54.3 Å². The number of benzene rings is 2. The molecule has 3 rings (SSSR count). The summed E-state index contributed by atoms with van der Waals surface area (Å²) in [7, 11) is 0. The van der Waals surface area contributed by atoms with Crippen LogP contribution in [0.3, 0.4) is 0 Å². The van der Waals surface area contributed by atoms with E-state index in [9.17, 15) is 35.9 Å². The number of anilines is 1. The van der Waals surface area contributed by atoms with Gasteiger partial charge in [-0.2, -0.15) is 26.3 Å². The smallest absolute Gasteiger partial charge is 0.331 e. The average Bonchev–Trinajstić information content (AvgIpc) is 2.94. The van der Waals surface area contributed by atoms with Crippen LogP contribution in [0.25, 0.3) is 0 Å². The van der Waals surface area contributed by atoms with Gasteiger partial charge in [0.15, 0.2) is 0 Å². The van der Waals surface area contributed by atoms with Crippen molar-refractivity contribution in [1.29, 1.82) is 0 Å². The number of hydrogen-bond donors (Lipinski definition) is 2. The Morgan fingerprint density at radius 2 is 1.69 bits per heavy atom. The second-order valence-corrected chi connectivity index (χ2v) is 8.46. The summed E-state index contributed by atoms with van der Waals surface area (Å²) in [6.45, 7) is 0.849. The summed E-state index contributed by atoms with van der Waals surface area (Å²) >= 11 is 6.10. The van der Waals surface area contributed by atoms with Crippen LogP contribution in [0.1, 0.15) is 48.1 Å². The van der Waals surface area contributed by atoms with Gasteiger partial charge in [-0.25, -0.2) is 10.6 Å². The number of nitrogens with zero attached hydrogens (tertiary/aromatic N) is 2. The summed E-state index contributed by atoms with van der Waals surface area (Å²) in [6, 6.07) is 4.39. The van der Waals surface area contributed by atoms with Gasteiger partial charge >= 0.3 is 18.4 Å². The minimum Gasteiger partial charge on any atom is -0.331 e. The van der Waals surface area contributed by atoms with Crippen molar-refractivity contribution in [2.45, 2.75) is 44.7 Å². The third-order valence-corrected chi connectivity index (χ3v) is 5.89. The molecule has 0 saturated heterocycles. The zero-order chi connectivity index (χ0) is 26.1. The van der Waals surface area contributed by atoms with Crippen LogP contribution >= 0.6 is 11.6 Å². The van der Waals surface area contributed by atoms with E-state index in [0.717, 1.165) is 0 Å². The van der Waals surface area contributed by atoms with E-state index in [-0.39, 0.29) is 29.6 Å². The Balaban J connectivity index is 2.09. The van der Waals surface area contributed by atoms with E-state index in [4.69, 9.17) is 17.4 Å². The fourth-order valence-electron chi connectivity index (χ4n) is 4.11. The SMILES string of the molecule is CC(=O)N(Cc1cc(C(F)(F)F)cc(C(F)(F)F)c1)C1CCCN(C(=O)NN)c2cc(Cl)ccc21. The number of hydrogen-bond acceptors (Lipinski definition) is 3. The number of halogens is 7. The molecule has 0 saturated carbocycles. The second-order valence-electron chi connectivity index (χ2n) is 8.02. The van der Waals surface area contributed by atoms with Crippen LogP contribution in [0.2, 0.25) is 5.02 Å². The van der Waals surface area contributed by atoms with Crippen LogP contribution in [0, 0.1) is 0 Å². The number of rotatable bonds is 3. The Bertz CT molecular complexity index is 1090. The van der Waals surface area contributed by atoms with Gasteiger partial charge in [0.05, 0.1) is 22.9 Å². The highest BCUT2D eigenvalue weighted by Gasteiger charge is 2.38. The van der Waals surface area contributed by atoms with Gasteiger partial charge < -0.3 is 4.90 Å². The molecule has 0 radical (unpaired) electrons. The minimum absolute atomic E-state index is 0.0356. The monoisotopic (exact) mass is 522 g/mol. The van der Waals surface area contributed by atoms with Crippen molar-refractivity contribution in [2.24, 2.45) is 5.84 Å². The lowest BCUT2D eigenvalue weighted by Crippen LogP contribution is -2.44. The van der Waals surface area contributed by atoms with E-state index in [2.05, 4.69) is 0 Å². The number of alkyl halides is 6. The lowest BCUT2D eigenvalue weighted by atomic mass is 9.98. The summed E-state index contributed by atoms with van der Waals surface area (Å²) in [5.74, 6) is 4.70. The molecule has 2 aromatic carbocycles. The second kappa shape index (κ2) is 9.94. The number of fused-ring (bicyclic) bond motifs is 1.